The predicted octanol–water partition coefficient (Wildman–Crippen LogP) is 3.58. The van der Waals surface area contributed by atoms with E-state index < -0.39 is 0 Å². The van der Waals surface area contributed by atoms with Crippen molar-refractivity contribution in [1.29, 1.82) is 0 Å². The molecule has 0 radical (unpaired) electrons. The molecule has 1 aromatic heterocycles. The van der Waals surface area contributed by atoms with E-state index in [9.17, 15) is 0 Å². The second kappa shape index (κ2) is 4.30. The Bertz CT molecular complexity index is 499. The van der Waals surface area contributed by atoms with Crippen molar-refractivity contribution in [3.63, 3.8) is 0 Å². The van der Waals surface area contributed by atoms with E-state index in [1.807, 2.05) is 6.92 Å². The fourth-order valence-corrected chi connectivity index (χ4v) is 2.08. The van der Waals surface area contributed by atoms with Gasteiger partial charge in [-0.2, -0.15) is 0 Å². The summed E-state index contributed by atoms with van der Waals surface area (Å²) >= 11 is 0. The van der Waals surface area contributed by atoms with Crippen LogP contribution in [0.5, 0.6) is 0 Å². The molecule has 0 bridgehead atoms. The molecule has 0 aliphatic heterocycles. The van der Waals surface area contributed by atoms with Crippen molar-refractivity contribution in [1.82, 2.24) is 4.57 Å². The monoisotopic (exact) mass is 217 g/mol. The highest BCUT2D eigenvalue weighted by atomic mass is 16.5. The maximum Gasteiger partial charge on any atom is 0.0797 e. The first kappa shape index (κ1) is 11.2. The Balaban J connectivity index is 2.46. The zero-order valence-corrected chi connectivity index (χ0v) is 10.4. The summed E-state index contributed by atoms with van der Waals surface area (Å²) in [5.41, 5.74) is 3.81. The molecule has 2 aromatic rings. The van der Waals surface area contributed by atoms with Gasteiger partial charge in [-0.1, -0.05) is 12.1 Å². The lowest BCUT2D eigenvalue weighted by atomic mass is 10.1. The topological polar surface area (TPSA) is 14.2 Å². The molecule has 86 valence electrons. The lowest BCUT2D eigenvalue weighted by Crippen LogP contribution is -1.99. The molecule has 0 amide bonds. The van der Waals surface area contributed by atoms with E-state index in [4.69, 9.17) is 4.74 Å². The van der Waals surface area contributed by atoms with E-state index in [1.54, 1.807) is 0 Å². The third-order valence-electron chi connectivity index (χ3n) is 3.20. The quantitative estimate of drug-likeness (QED) is 0.766. The van der Waals surface area contributed by atoms with Crippen LogP contribution in [0.1, 0.15) is 31.2 Å². The summed E-state index contributed by atoms with van der Waals surface area (Å²) in [5.74, 6) is 0. The Morgan fingerprint density at radius 2 is 2.06 bits per heavy atom. The van der Waals surface area contributed by atoms with Gasteiger partial charge in [-0.3, -0.25) is 0 Å². The number of aromatic nitrogens is 1. The highest BCUT2D eigenvalue weighted by Gasteiger charge is 2.08. The van der Waals surface area contributed by atoms with Crippen molar-refractivity contribution >= 4 is 10.9 Å². The fourth-order valence-electron chi connectivity index (χ4n) is 2.08. The van der Waals surface area contributed by atoms with Crippen molar-refractivity contribution in [2.45, 2.75) is 26.9 Å². The predicted molar refractivity (Wildman–Crippen MR) is 67.7 cm³/mol. The van der Waals surface area contributed by atoms with Crippen LogP contribution in [-0.2, 0) is 11.8 Å². The maximum absolute atomic E-state index is 5.61. The van der Waals surface area contributed by atoms with Gasteiger partial charge in [0, 0.05) is 24.9 Å². The standard InChI is InChI=1S/C14H19NO/c1-5-16-11(3)12-6-7-13-8-10(2)15(4)14(13)9-12/h6-9,11H,5H2,1-4H3. The van der Waals surface area contributed by atoms with Crippen LogP contribution in [0.2, 0.25) is 0 Å². The van der Waals surface area contributed by atoms with Crippen molar-refractivity contribution < 1.29 is 4.74 Å². The maximum atomic E-state index is 5.61. The Labute approximate surface area is 96.8 Å². The van der Waals surface area contributed by atoms with Gasteiger partial charge < -0.3 is 9.30 Å². The fraction of sp³-hybridized carbons (Fsp3) is 0.429. The van der Waals surface area contributed by atoms with Gasteiger partial charge >= 0.3 is 0 Å². The molecule has 1 heterocycles. The average Bonchev–Trinajstić information content (AvgIpc) is 2.55. The molecule has 2 nitrogen and oxygen atoms in total. The number of nitrogens with zero attached hydrogens (tertiary/aromatic N) is 1. The van der Waals surface area contributed by atoms with Crippen LogP contribution >= 0.6 is 0 Å². The van der Waals surface area contributed by atoms with E-state index in [-0.39, 0.29) is 6.10 Å². The second-order valence-corrected chi connectivity index (χ2v) is 4.26. The highest BCUT2D eigenvalue weighted by Crippen LogP contribution is 2.24. The molecule has 1 atom stereocenters. The minimum Gasteiger partial charge on any atom is -0.374 e. The molecule has 0 aliphatic rings. The molecule has 1 unspecified atom stereocenters. The first-order chi connectivity index (χ1) is 7.63. The van der Waals surface area contributed by atoms with Crippen LogP contribution < -0.4 is 0 Å². The van der Waals surface area contributed by atoms with E-state index in [0.717, 1.165) is 6.61 Å². The lowest BCUT2D eigenvalue weighted by molar-refractivity contribution is 0.0765. The number of rotatable bonds is 3. The Morgan fingerprint density at radius 3 is 2.75 bits per heavy atom. The first-order valence-electron chi connectivity index (χ1n) is 5.81. The van der Waals surface area contributed by atoms with Crippen molar-refractivity contribution in [2.24, 2.45) is 7.05 Å². The zero-order chi connectivity index (χ0) is 11.7. The van der Waals surface area contributed by atoms with Crippen LogP contribution in [0.25, 0.3) is 10.9 Å². The third kappa shape index (κ3) is 1.85. The Kier molecular flexibility index (Phi) is 3.01. The van der Waals surface area contributed by atoms with Crippen LogP contribution in [0.4, 0.5) is 0 Å². The number of hydrogen-bond donors (Lipinski definition) is 0. The first-order valence-corrected chi connectivity index (χ1v) is 5.81. The number of ether oxygens (including phenoxy) is 1. The molecule has 1 aromatic carbocycles. The molecule has 0 N–H and O–H groups in total. The summed E-state index contributed by atoms with van der Waals surface area (Å²) < 4.78 is 7.83. The SMILES string of the molecule is CCOC(C)c1ccc2cc(C)n(C)c2c1. The minimum atomic E-state index is 0.171. The molecule has 2 rings (SSSR count). The molecular weight excluding hydrogens is 198 g/mol. The molecule has 0 spiro atoms. The van der Waals surface area contributed by atoms with E-state index in [2.05, 4.69) is 49.7 Å². The number of benzene rings is 1. The van der Waals surface area contributed by atoms with Crippen LogP contribution in [-0.4, -0.2) is 11.2 Å². The van der Waals surface area contributed by atoms with Gasteiger partial charge in [0.15, 0.2) is 0 Å². The summed E-state index contributed by atoms with van der Waals surface area (Å²) in [4.78, 5) is 0. The van der Waals surface area contributed by atoms with Gasteiger partial charge in [0.2, 0.25) is 0 Å². The van der Waals surface area contributed by atoms with Gasteiger partial charge in [0.25, 0.3) is 0 Å². The number of fused-ring (bicyclic) bond motifs is 1. The summed E-state index contributed by atoms with van der Waals surface area (Å²) in [5, 5.41) is 1.30. The van der Waals surface area contributed by atoms with Gasteiger partial charge in [-0.25, -0.2) is 0 Å². The summed E-state index contributed by atoms with van der Waals surface area (Å²) in [6.45, 7) is 7.01. The van der Waals surface area contributed by atoms with E-state index in [0.29, 0.717) is 0 Å². The third-order valence-corrected chi connectivity index (χ3v) is 3.20. The van der Waals surface area contributed by atoms with E-state index in [1.165, 1.54) is 22.2 Å². The molecule has 0 aliphatic carbocycles. The van der Waals surface area contributed by atoms with Gasteiger partial charge in [0.05, 0.1) is 6.10 Å². The molecule has 2 heteroatoms. The largest absolute Gasteiger partial charge is 0.374 e. The molecule has 0 fully saturated rings. The minimum absolute atomic E-state index is 0.171. The smallest absolute Gasteiger partial charge is 0.0797 e. The Hall–Kier alpha value is -1.28. The van der Waals surface area contributed by atoms with Crippen LogP contribution in [0, 0.1) is 6.92 Å². The average molecular weight is 217 g/mol. The highest BCUT2D eigenvalue weighted by molar-refractivity contribution is 5.82. The molecule has 0 saturated carbocycles. The van der Waals surface area contributed by atoms with Gasteiger partial charge in [-0.05, 0) is 43.9 Å². The van der Waals surface area contributed by atoms with E-state index >= 15 is 0 Å². The molecule has 16 heavy (non-hydrogen) atoms. The normalized spacial score (nSPS) is 13.2. The molecule has 0 saturated heterocycles. The van der Waals surface area contributed by atoms with Crippen LogP contribution in [0.3, 0.4) is 0 Å². The molecular formula is C14H19NO. The lowest BCUT2D eigenvalue weighted by Gasteiger charge is -2.12. The number of aryl methyl sites for hydroxylation is 2. The zero-order valence-electron chi connectivity index (χ0n) is 10.4. The van der Waals surface area contributed by atoms with Crippen LogP contribution in [0.15, 0.2) is 24.3 Å². The van der Waals surface area contributed by atoms with Crippen molar-refractivity contribution in [3.05, 3.63) is 35.5 Å². The van der Waals surface area contributed by atoms with Gasteiger partial charge in [0.1, 0.15) is 0 Å². The summed E-state index contributed by atoms with van der Waals surface area (Å²) in [7, 11) is 2.10. The summed E-state index contributed by atoms with van der Waals surface area (Å²) in [6, 6.07) is 8.77. The van der Waals surface area contributed by atoms with Gasteiger partial charge in [-0.15, -0.1) is 0 Å². The Morgan fingerprint density at radius 1 is 1.31 bits per heavy atom. The summed E-state index contributed by atoms with van der Waals surface area (Å²) in [6.07, 6.45) is 0.171. The number of hydrogen-bond acceptors (Lipinski definition) is 1. The second-order valence-electron chi connectivity index (χ2n) is 4.26. The van der Waals surface area contributed by atoms with Crippen molar-refractivity contribution in [2.75, 3.05) is 6.61 Å². The van der Waals surface area contributed by atoms with Crippen molar-refractivity contribution in [3.8, 4) is 0 Å².